The molecule has 8 heteroatoms. The minimum absolute atomic E-state index is 0.136. The van der Waals surface area contributed by atoms with Crippen molar-refractivity contribution in [3.8, 4) is 23.3 Å². The number of primary amides is 1. The number of H-pyrrole nitrogens is 1. The quantitative estimate of drug-likeness (QED) is 0.336. The van der Waals surface area contributed by atoms with Gasteiger partial charge in [-0.15, -0.1) is 0 Å². The summed E-state index contributed by atoms with van der Waals surface area (Å²) in [5, 5.41) is 11.3. The molecule has 1 amide bonds. The fraction of sp³-hybridized carbons (Fsp3) is 0.0370. The Morgan fingerprint density at radius 3 is 2.66 bits per heavy atom. The second kappa shape index (κ2) is 9.00. The monoisotopic (exact) mass is 462 g/mol. The van der Waals surface area contributed by atoms with Crippen LogP contribution in [0.3, 0.4) is 0 Å². The molecule has 2 aromatic heterocycles. The number of nitrogens with zero attached hydrogens (tertiary/aromatic N) is 2. The third-order valence-corrected chi connectivity index (χ3v) is 5.52. The summed E-state index contributed by atoms with van der Waals surface area (Å²) in [4.78, 5) is 32.1. The molecule has 0 atom stereocenters. The highest BCUT2D eigenvalue weighted by Crippen LogP contribution is 2.29. The molecule has 8 nitrogen and oxygen atoms in total. The van der Waals surface area contributed by atoms with Crippen LogP contribution in [0.5, 0.6) is 17.2 Å². The third kappa shape index (κ3) is 4.38. The summed E-state index contributed by atoms with van der Waals surface area (Å²) in [6, 6.07) is 19.3. The molecule has 0 fully saturated rings. The first-order valence-corrected chi connectivity index (χ1v) is 10.6. The highest BCUT2D eigenvalue weighted by Gasteiger charge is 2.17. The summed E-state index contributed by atoms with van der Waals surface area (Å²) >= 11 is 0. The lowest BCUT2D eigenvalue weighted by atomic mass is 10.0. The highest BCUT2D eigenvalue weighted by molar-refractivity contribution is 6.09. The van der Waals surface area contributed by atoms with Crippen molar-refractivity contribution in [3.05, 3.63) is 95.9 Å². The average Bonchev–Trinajstić information content (AvgIpc) is 3.30. The standard InChI is InChI=1S/C27H18N4O4/c28-12-16-3-4-17-10-26(22(27(29)33)9-18(17)8-16)34-15-25(32)23-14-31-24-11-19(5-6-21(23)24)35-20-2-1-7-30-13-20/h1-11,13-14,31H,15H2,(H2,29,33). The molecule has 0 spiro atoms. The molecule has 0 unspecified atom stereocenters. The zero-order chi connectivity index (χ0) is 24.4. The molecule has 0 aliphatic carbocycles. The lowest BCUT2D eigenvalue weighted by molar-refractivity contribution is 0.0914. The zero-order valence-electron chi connectivity index (χ0n) is 18.3. The summed E-state index contributed by atoms with van der Waals surface area (Å²) in [6.07, 6.45) is 4.89. The fourth-order valence-electron chi connectivity index (χ4n) is 3.82. The maximum Gasteiger partial charge on any atom is 0.252 e. The lowest BCUT2D eigenvalue weighted by Gasteiger charge is -2.11. The molecular weight excluding hydrogens is 444 g/mol. The largest absolute Gasteiger partial charge is 0.485 e. The molecule has 0 aliphatic rings. The van der Waals surface area contributed by atoms with Gasteiger partial charge in [0.25, 0.3) is 5.91 Å². The number of carbonyl (C=O) groups is 2. The number of nitriles is 1. The van der Waals surface area contributed by atoms with E-state index in [1.807, 2.05) is 0 Å². The van der Waals surface area contributed by atoms with Crippen LogP contribution in [0, 0.1) is 11.3 Å². The Bertz CT molecular complexity index is 1630. The van der Waals surface area contributed by atoms with Crippen molar-refractivity contribution in [2.45, 2.75) is 0 Å². The normalized spacial score (nSPS) is 10.7. The number of Topliss-reactive ketones (excluding diaryl/α,β-unsaturated/α-hetero) is 1. The molecular formula is C27H18N4O4. The van der Waals surface area contributed by atoms with Crippen LogP contribution in [0.15, 0.2) is 79.3 Å². The fourth-order valence-corrected chi connectivity index (χ4v) is 3.82. The van der Waals surface area contributed by atoms with Gasteiger partial charge in [0.05, 0.1) is 23.4 Å². The van der Waals surface area contributed by atoms with E-state index in [1.54, 1.807) is 79.3 Å². The van der Waals surface area contributed by atoms with Gasteiger partial charge < -0.3 is 20.2 Å². The van der Waals surface area contributed by atoms with E-state index in [1.165, 1.54) is 0 Å². The van der Waals surface area contributed by atoms with Crippen molar-refractivity contribution < 1.29 is 19.1 Å². The summed E-state index contributed by atoms with van der Waals surface area (Å²) in [5.41, 5.74) is 7.31. The molecule has 0 radical (unpaired) electrons. The number of nitrogens with two attached hydrogens (primary N) is 1. The van der Waals surface area contributed by atoms with Crippen LogP contribution < -0.4 is 15.2 Å². The zero-order valence-corrected chi connectivity index (χ0v) is 18.3. The first-order chi connectivity index (χ1) is 17.0. The van der Waals surface area contributed by atoms with Gasteiger partial charge in [0.15, 0.2) is 6.61 Å². The predicted molar refractivity (Wildman–Crippen MR) is 130 cm³/mol. The van der Waals surface area contributed by atoms with E-state index in [0.29, 0.717) is 28.0 Å². The Morgan fingerprint density at radius 1 is 1.00 bits per heavy atom. The SMILES string of the molecule is N#Cc1ccc2cc(OCC(=O)c3c[nH]c4cc(Oc5cccnc5)ccc34)c(C(N)=O)cc2c1. The first kappa shape index (κ1) is 21.7. The summed E-state index contributed by atoms with van der Waals surface area (Å²) < 4.78 is 11.5. The number of nitrogens with one attached hydrogen (secondary N) is 1. The molecule has 5 rings (SSSR count). The van der Waals surface area contributed by atoms with Crippen molar-refractivity contribution in [2.75, 3.05) is 6.61 Å². The molecule has 0 aliphatic heterocycles. The van der Waals surface area contributed by atoms with Crippen LogP contribution in [-0.2, 0) is 0 Å². The van der Waals surface area contributed by atoms with Gasteiger partial charge in [-0.05, 0) is 59.3 Å². The van der Waals surface area contributed by atoms with E-state index >= 15 is 0 Å². The number of pyridine rings is 1. The summed E-state index contributed by atoms with van der Waals surface area (Å²) in [6.45, 7) is -0.289. The number of rotatable bonds is 7. The molecule has 35 heavy (non-hydrogen) atoms. The smallest absolute Gasteiger partial charge is 0.252 e. The van der Waals surface area contributed by atoms with Gasteiger partial charge in [0, 0.05) is 34.9 Å². The molecule has 0 saturated heterocycles. The van der Waals surface area contributed by atoms with Crippen LogP contribution in [0.2, 0.25) is 0 Å². The van der Waals surface area contributed by atoms with Crippen LogP contribution in [0.1, 0.15) is 26.3 Å². The average molecular weight is 462 g/mol. The van der Waals surface area contributed by atoms with E-state index in [0.717, 1.165) is 16.3 Å². The van der Waals surface area contributed by atoms with Crippen molar-refractivity contribution in [3.63, 3.8) is 0 Å². The topological polar surface area (TPSA) is 131 Å². The second-order valence-corrected chi connectivity index (χ2v) is 7.80. The van der Waals surface area contributed by atoms with Crippen LogP contribution >= 0.6 is 0 Å². The number of carbonyl (C=O) groups excluding carboxylic acids is 2. The van der Waals surface area contributed by atoms with Crippen LogP contribution in [0.25, 0.3) is 21.7 Å². The van der Waals surface area contributed by atoms with E-state index in [-0.39, 0.29) is 23.7 Å². The molecule has 3 aromatic carbocycles. The van der Waals surface area contributed by atoms with E-state index in [2.05, 4.69) is 16.0 Å². The Hall–Kier alpha value is -5.16. The Morgan fingerprint density at radius 2 is 1.89 bits per heavy atom. The van der Waals surface area contributed by atoms with Crippen molar-refractivity contribution in [1.29, 1.82) is 5.26 Å². The number of aromatic nitrogens is 2. The summed E-state index contributed by atoms with van der Waals surface area (Å²) in [7, 11) is 0. The van der Waals surface area contributed by atoms with Gasteiger partial charge >= 0.3 is 0 Å². The number of amides is 1. The minimum atomic E-state index is -0.690. The molecule has 0 bridgehead atoms. The van der Waals surface area contributed by atoms with E-state index < -0.39 is 5.91 Å². The Labute approximate surface area is 199 Å². The van der Waals surface area contributed by atoms with Gasteiger partial charge in [-0.1, -0.05) is 6.07 Å². The number of hydrogen-bond donors (Lipinski definition) is 2. The van der Waals surface area contributed by atoms with Gasteiger partial charge in [-0.3, -0.25) is 14.6 Å². The number of benzene rings is 3. The molecule has 0 saturated carbocycles. The van der Waals surface area contributed by atoms with E-state index in [4.69, 9.17) is 20.5 Å². The number of aromatic amines is 1. The minimum Gasteiger partial charge on any atom is -0.485 e. The number of ketones is 1. The number of hydrogen-bond acceptors (Lipinski definition) is 6. The van der Waals surface area contributed by atoms with Crippen molar-refractivity contribution in [1.82, 2.24) is 9.97 Å². The van der Waals surface area contributed by atoms with Gasteiger partial charge in [-0.25, -0.2) is 0 Å². The molecule has 5 aromatic rings. The summed E-state index contributed by atoms with van der Waals surface area (Å²) in [5.74, 6) is 0.449. The maximum absolute atomic E-state index is 13.0. The number of fused-ring (bicyclic) bond motifs is 2. The van der Waals surface area contributed by atoms with Crippen molar-refractivity contribution in [2.24, 2.45) is 5.73 Å². The first-order valence-electron chi connectivity index (χ1n) is 10.6. The lowest BCUT2D eigenvalue weighted by Crippen LogP contribution is -2.16. The van der Waals surface area contributed by atoms with Crippen molar-refractivity contribution >= 4 is 33.4 Å². The number of ether oxygens (including phenoxy) is 2. The second-order valence-electron chi connectivity index (χ2n) is 7.80. The molecule has 2 heterocycles. The van der Waals surface area contributed by atoms with E-state index in [9.17, 15) is 9.59 Å². The molecule has 3 N–H and O–H groups in total. The third-order valence-electron chi connectivity index (χ3n) is 5.52. The Balaban J connectivity index is 1.37. The Kier molecular flexibility index (Phi) is 5.57. The molecule has 170 valence electrons. The predicted octanol–water partition coefficient (Wildman–Crippen LogP) is 4.74. The van der Waals surface area contributed by atoms with Crippen LogP contribution in [-0.4, -0.2) is 28.3 Å². The van der Waals surface area contributed by atoms with Gasteiger partial charge in [0.1, 0.15) is 17.2 Å². The van der Waals surface area contributed by atoms with Crippen LogP contribution in [0.4, 0.5) is 0 Å². The van der Waals surface area contributed by atoms with Gasteiger partial charge in [0.2, 0.25) is 5.78 Å². The highest BCUT2D eigenvalue weighted by atomic mass is 16.5. The van der Waals surface area contributed by atoms with Gasteiger partial charge in [-0.2, -0.15) is 5.26 Å². The maximum atomic E-state index is 13.0.